The first-order valence-corrected chi connectivity index (χ1v) is 3.44. The lowest BCUT2D eigenvalue weighted by molar-refractivity contribution is 0.195. The summed E-state index contributed by atoms with van der Waals surface area (Å²) in [6.45, 7) is 3.81. The Bertz CT molecular complexity index is 109. The van der Waals surface area contributed by atoms with Gasteiger partial charge in [-0.05, 0) is 18.9 Å². The highest BCUT2D eigenvalue weighted by atomic mass is 16.5. The van der Waals surface area contributed by atoms with Crippen LogP contribution in [0.2, 0.25) is 0 Å². The Labute approximate surface area is 55.9 Å². The predicted octanol–water partition coefficient (Wildman–Crippen LogP) is 1.26. The summed E-state index contributed by atoms with van der Waals surface area (Å²) in [7, 11) is 0. The van der Waals surface area contributed by atoms with E-state index in [9.17, 15) is 0 Å². The van der Waals surface area contributed by atoms with Crippen LogP contribution in [0.15, 0.2) is 12.0 Å². The fraction of sp³-hybridized carbons (Fsp3) is 0.714. The molecular weight excluding hydrogens is 114 g/mol. The van der Waals surface area contributed by atoms with E-state index in [0.717, 1.165) is 31.9 Å². The quantitative estimate of drug-likeness (QED) is 0.558. The highest BCUT2D eigenvalue weighted by molar-refractivity contribution is 4.96. The summed E-state index contributed by atoms with van der Waals surface area (Å²) in [5.41, 5.74) is 0. The molecule has 0 atom stereocenters. The van der Waals surface area contributed by atoms with E-state index in [-0.39, 0.29) is 0 Å². The van der Waals surface area contributed by atoms with Crippen LogP contribution in [0, 0.1) is 0 Å². The van der Waals surface area contributed by atoms with Gasteiger partial charge in [-0.15, -0.1) is 0 Å². The van der Waals surface area contributed by atoms with E-state index in [1.807, 2.05) is 6.08 Å². The Kier molecular flexibility index (Phi) is 2.43. The molecule has 51 valence electrons. The second-order valence-corrected chi connectivity index (χ2v) is 2.06. The van der Waals surface area contributed by atoms with Crippen molar-refractivity contribution in [2.75, 3.05) is 13.2 Å². The van der Waals surface area contributed by atoms with Crippen molar-refractivity contribution < 1.29 is 4.74 Å². The van der Waals surface area contributed by atoms with E-state index >= 15 is 0 Å². The summed E-state index contributed by atoms with van der Waals surface area (Å²) < 4.78 is 5.25. The largest absolute Gasteiger partial charge is 0.478 e. The maximum atomic E-state index is 5.25. The minimum absolute atomic E-state index is 0.801. The van der Waals surface area contributed by atoms with Crippen LogP contribution in [0.3, 0.4) is 0 Å². The lowest BCUT2D eigenvalue weighted by Crippen LogP contribution is -2.02. The molecule has 0 aromatic carbocycles. The lowest BCUT2D eigenvalue weighted by atomic mass is 10.5. The van der Waals surface area contributed by atoms with Gasteiger partial charge in [0.1, 0.15) is 0 Å². The third-order valence-electron chi connectivity index (χ3n) is 1.17. The number of ether oxygens (including phenoxy) is 1. The molecule has 1 aliphatic rings. The Balaban J connectivity index is 2.11. The molecule has 0 saturated heterocycles. The van der Waals surface area contributed by atoms with Gasteiger partial charge in [0.25, 0.3) is 0 Å². The molecular formula is C7H12NO. The molecule has 1 rings (SSSR count). The fourth-order valence-electron chi connectivity index (χ4n) is 0.739. The molecule has 1 radical (unpaired) electrons. The number of hydrogen-bond acceptors (Lipinski definition) is 1. The highest BCUT2D eigenvalue weighted by Crippen LogP contribution is 2.04. The van der Waals surface area contributed by atoms with Crippen molar-refractivity contribution in [2.24, 2.45) is 0 Å². The molecule has 0 aliphatic carbocycles. The Morgan fingerprint density at radius 1 is 1.78 bits per heavy atom. The fourth-order valence-corrected chi connectivity index (χ4v) is 0.739. The first-order valence-electron chi connectivity index (χ1n) is 3.44. The van der Waals surface area contributed by atoms with Crippen LogP contribution in [0.4, 0.5) is 0 Å². The maximum absolute atomic E-state index is 5.25. The van der Waals surface area contributed by atoms with Gasteiger partial charge in [0.05, 0.1) is 6.61 Å². The second-order valence-electron chi connectivity index (χ2n) is 2.06. The summed E-state index contributed by atoms with van der Waals surface area (Å²) in [4.78, 5) is 0. The third-order valence-corrected chi connectivity index (χ3v) is 1.17. The molecule has 1 aliphatic heterocycles. The first-order chi connectivity index (χ1) is 4.43. The van der Waals surface area contributed by atoms with Gasteiger partial charge in [0.2, 0.25) is 5.88 Å². The molecule has 0 saturated carbocycles. The number of rotatable bonds is 3. The monoisotopic (exact) mass is 126 g/mol. The molecule has 2 heteroatoms. The van der Waals surface area contributed by atoms with E-state index < -0.39 is 0 Å². The van der Waals surface area contributed by atoms with Gasteiger partial charge >= 0.3 is 0 Å². The Hall–Kier alpha value is -0.660. The van der Waals surface area contributed by atoms with Crippen LogP contribution in [-0.4, -0.2) is 13.2 Å². The van der Waals surface area contributed by atoms with Crippen molar-refractivity contribution in [1.29, 1.82) is 0 Å². The van der Waals surface area contributed by atoms with Gasteiger partial charge in [0.15, 0.2) is 0 Å². The van der Waals surface area contributed by atoms with Crippen molar-refractivity contribution >= 4 is 0 Å². The van der Waals surface area contributed by atoms with Gasteiger partial charge < -0.3 is 4.74 Å². The van der Waals surface area contributed by atoms with Gasteiger partial charge in [0, 0.05) is 6.54 Å². The molecule has 0 fully saturated rings. The van der Waals surface area contributed by atoms with E-state index in [0.29, 0.717) is 0 Å². The van der Waals surface area contributed by atoms with Gasteiger partial charge in [-0.25, -0.2) is 0 Å². The van der Waals surface area contributed by atoms with Crippen molar-refractivity contribution in [1.82, 2.24) is 5.32 Å². The molecule has 0 aromatic rings. The van der Waals surface area contributed by atoms with Crippen LogP contribution >= 0.6 is 0 Å². The topological polar surface area (TPSA) is 23.3 Å². The van der Waals surface area contributed by atoms with E-state index in [1.165, 1.54) is 0 Å². The third kappa shape index (κ3) is 1.96. The zero-order chi connectivity index (χ0) is 6.53. The summed E-state index contributed by atoms with van der Waals surface area (Å²) in [5.74, 6) is 0.844. The van der Waals surface area contributed by atoms with Crippen LogP contribution in [0.1, 0.15) is 19.8 Å². The van der Waals surface area contributed by atoms with E-state index in [1.54, 1.807) is 0 Å². The Morgan fingerprint density at radius 2 is 2.67 bits per heavy atom. The molecule has 1 heterocycles. The van der Waals surface area contributed by atoms with Crippen LogP contribution < -0.4 is 5.32 Å². The minimum Gasteiger partial charge on any atom is -0.478 e. The summed E-state index contributed by atoms with van der Waals surface area (Å²) >= 11 is 0. The summed E-state index contributed by atoms with van der Waals surface area (Å²) in [6, 6.07) is 0. The smallest absolute Gasteiger partial charge is 0.204 e. The van der Waals surface area contributed by atoms with Crippen molar-refractivity contribution in [3.8, 4) is 0 Å². The lowest BCUT2D eigenvalue weighted by Gasteiger charge is -2.02. The predicted molar refractivity (Wildman–Crippen MR) is 35.9 cm³/mol. The van der Waals surface area contributed by atoms with Gasteiger partial charge in [-0.3, -0.25) is 5.32 Å². The van der Waals surface area contributed by atoms with Crippen molar-refractivity contribution in [2.45, 2.75) is 19.8 Å². The Morgan fingerprint density at radius 3 is 3.22 bits per heavy atom. The van der Waals surface area contributed by atoms with Crippen molar-refractivity contribution in [3.05, 3.63) is 12.0 Å². The average Bonchev–Trinajstić information content (AvgIpc) is 2.34. The van der Waals surface area contributed by atoms with Crippen LogP contribution in [0.25, 0.3) is 0 Å². The molecule has 2 nitrogen and oxygen atoms in total. The van der Waals surface area contributed by atoms with Crippen LogP contribution in [0.5, 0.6) is 0 Å². The molecule has 0 aromatic heterocycles. The molecule has 0 unspecified atom stereocenters. The molecule has 0 spiro atoms. The van der Waals surface area contributed by atoms with Crippen molar-refractivity contribution in [3.63, 3.8) is 0 Å². The van der Waals surface area contributed by atoms with Crippen LogP contribution in [-0.2, 0) is 4.74 Å². The molecule has 0 amide bonds. The molecule has 9 heavy (non-hydrogen) atoms. The number of hydrogen-bond donors (Lipinski definition) is 0. The number of nitrogens with zero attached hydrogens (tertiary/aromatic N) is 1. The van der Waals surface area contributed by atoms with E-state index in [2.05, 4.69) is 12.2 Å². The minimum atomic E-state index is 0.801. The SMILES string of the molecule is CCCOC1=CCC[N]1. The van der Waals surface area contributed by atoms with Gasteiger partial charge in [-0.1, -0.05) is 6.92 Å². The second kappa shape index (κ2) is 3.38. The summed E-state index contributed by atoms with van der Waals surface area (Å²) in [6.07, 6.45) is 4.15. The zero-order valence-corrected chi connectivity index (χ0v) is 5.76. The molecule has 0 bridgehead atoms. The molecule has 0 N–H and O–H groups in total. The zero-order valence-electron chi connectivity index (χ0n) is 5.76. The normalized spacial score (nSPS) is 16.8. The maximum Gasteiger partial charge on any atom is 0.204 e. The van der Waals surface area contributed by atoms with Gasteiger partial charge in [-0.2, -0.15) is 0 Å². The first kappa shape index (κ1) is 6.46. The summed E-state index contributed by atoms with van der Waals surface area (Å²) in [5, 5.41) is 4.11. The average molecular weight is 126 g/mol. The standard InChI is InChI=1S/C7H12NO/c1-2-6-9-7-4-3-5-8-7/h4H,2-3,5-6H2,1H3. The highest BCUT2D eigenvalue weighted by Gasteiger charge is 2.03. The van der Waals surface area contributed by atoms with E-state index in [4.69, 9.17) is 4.74 Å².